The Hall–Kier alpha value is -1.91. The Morgan fingerprint density at radius 3 is 2.26 bits per heavy atom. The number of hydrogen-bond donors (Lipinski definition) is 0. The van der Waals surface area contributed by atoms with E-state index in [1.54, 1.807) is 48.5 Å². The highest BCUT2D eigenvalue weighted by Crippen LogP contribution is 2.33. The number of nitrogens with zero attached hydrogens (tertiary/aromatic N) is 1. The zero-order valence-corrected chi connectivity index (χ0v) is 15.0. The van der Waals surface area contributed by atoms with Gasteiger partial charge in [0.25, 0.3) is 0 Å². The number of carbonyl (C=O) groups excluding carboxylic acids is 2. The van der Waals surface area contributed by atoms with Crippen molar-refractivity contribution in [3.63, 3.8) is 0 Å². The molecule has 1 rings (SSSR count). The predicted octanol–water partition coefficient (Wildman–Crippen LogP) is 4.37. The lowest BCUT2D eigenvalue weighted by molar-refractivity contribution is -0.111. The van der Waals surface area contributed by atoms with E-state index >= 15 is 0 Å². The third-order valence-electron chi connectivity index (χ3n) is 3.55. The Labute approximate surface area is 137 Å². The van der Waals surface area contributed by atoms with E-state index < -0.39 is 22.9 Å². The predicted molar refractivity (Wildman–Crippen MR) is 89.5 cm³/mol. The van der Waals surface area contributed by atoms with E-state index in [0.717, 1.165) is 6.29 Å². The molecule has 0 radical (unpaired) electrons. The molecule has 1 aromatic carbocycles. The largest absolute Gasteiger partial charge is 0.443 e. The van der Waals surface area contributed by atoms with Gasteiger partial charge in [-0.25, -0.2) is 9.18 Å². The average Bonchev–Trinajstić information content (AvgIpc) is 2.40. The molecule has 4 nitrogen and oxygen atoms in total. The molecule has 23 heavy (non-hydrogen) atoms. The highest BCUT2D eigenvalue weighted by atomic mass is 19.1. The summed E-state index contributed by atoms with van der Waals surface area (Å²) in [5.41, 5.74) is 0.192. The van der Waals surface area contributed by atoms with Crippen LogP contribution in [0, 0.1) is 12.7 Å². The fraction of sp³-hybridized carbons (Fsp3) is 0.556. The van der Waals surface area contributed by atoms with Crippen molar-refractivity contribution in [3.05, 3.63) is 29.1 Å². The number of carbonyl (C=O) groups is 2. The van der Waals surface area contributed by atoms with Crippen molar-refractivity contribution in [2.45, 2.75) is 59.5 Å². The van der Waals surface area contributed by atoms with Gasteiger partial charge in [0.15, 0.2) is 0 Å². The molecule has 5 heteroatoms. The quantitative estimate of drug-likeness (QED) is 0.773. The number of halogens is 1. The number of aldehydes is 1. The van der Waals surface area contributed by atoms with E-state index in [2.05, 4.69) is 0 Å². The normalized spacial score (nSPS) is 12.0. The number of ether oxygens (including phenoxy) is 1. The molecule has 1 amide bonds. The van der Waals surface area contributed by atoms with Gasteiger partial charge in [0, 0.05) is 12.0 Å². The van der Waals surface area contributed by atoms with Gasteiger partial charge in [-0.05, 0) is 71.7 Å². The van der Waals surface area contributed by atoms with Crippen LogP contribution in [-0.4, -0.2) is 24.5 Å². The smallest absolute Gasteiger partial charge is 0.414 e. The Balaban J connectivity index is 3.40. The van der Waals surface area contributed by atoms with Crippen LogP contribution in [0.1, 0.15) is 52.7 Å². The molecule has 0 fully saturated rings. The topological polar surface area (TPSA) is 46.6 Å². The van der Waals surface area contributed by atoms with E-state index in [1.165, 1.54) is 17.0 Å². The zero-order valence-electron chi connectivity index (χ0n) is 15.0. The van der Waals surface area contributed by atoms with Crippen molar-refractivity contribution in [1.29, 1.82) is 0 Å². The Morgan fingerprint density at radius 1 is 1.26 bits per heavy atom. The van der Waals surface area contributed by atoms with Crippen LogP contribution in [0.2, 0.25) is 0 Å². The molecule has 0 heterocycles. The zero-order chi connectivity index (χ0) is 18.0. The van der Waals surface area contributed by atoms with Crippen molar-refractivity contribution >= 4 is 18.1 Å². The van der Waals surface area contributed by atoms with Crippen molar-refractivity contribution in [2.24, 2.45) is 0 Å². The highest BCUT2D eigenvalue weighted by Gasteiger charge is 2.28. The lowest BCUT2D eigenvalue weighted by Crippen LogP contribution is -2.37. The van der Waals surface area contributed by atoms with Crippen molar-refractivity contribution in [3.8, 4) is 0 Å². The first-order valence-corrected chi connectivity index (χ1v) is 7.70. The Bertz CT molecular complexity index is 603. The Kier molecular flexibility index (Phi) is 5.56. The maximum Gasteiger partial charge on any atom is 0.414 e. The van der Waals surface area contributed by atoms with E-state index in [-0.39, 0.29) is 0 Å². The molecule has 0 aliphatic heterocycles. The molecule has 0 bridgehead atoms. The molecule has 0 atom stereocenters. The Morgan fingerprint density at radius 2 is 1.83 bits per heavy atom. The van der Waals surface area contributed by atoms with Crippen LogP contribution in [-0.2, 0) is 14.9 Å². The summed E-state index contributed by atoms with van der Waals surface area (Å²) in [7, 11) is 0. The first-order valence-electron chi connectivity index (χ1n) is 7.70. The van der Waals surface area contributed by atoms with Crippen LogP contribution in [0.4, 0.5) is 14.9 Å². The SMILES string of the molecule is CCN(C(=O)OC(C)(C)C)c1cc(F)cc(C(C)(C)C=O)c1C. The highest BCUT2D eigenvalue weighted by molar-refractivity contribution is 5.89. The summed E-state index contributed by atoms with van der Waals surface area (Å²) in [6.45, 7) is 12.7. The second-order valence-electron chi connectivity index (χ2n) is 7.16. The maximum atomic E-state index is 14.1. The summed E-state index contributed by atoms with van der Waals surface area (Å²) in [5.74, 6) is -0.488. The molecule has 0 aromatic heterocycles. The van der Waals surface area contributed by atoms with E-state index in [1.807, 2.05) is 0 Å². The second-order valence-corrected chi connectivity index (χ2v) is 7.16. The average molecular weight is 323 g/mol. The van der Waals surface area contributed by atoms with Crippen molar-refractivity contribution in [1.82, 2.24) is 0 Å². The molecule has 0 N–H and O–H groups in total. The van der Waals surface area contributed by atoms with Crippen LogP contribution in [0.5, 0.6) is 0 Å². The lowest BCUT2D eigenvalue weighted by atomic mass is 9.83. The molecular weight excluding hydrogens is 297 g/mol. The summed E-state index contributed by atoms with van der Waals surface area (Å²) < 4.78 is 19.5. The standard InChI is InChI=1S/C18H26FNO3/c1-8-20(16(22)23-17(3,4)5)15-10-13(19)9-14(12(15)2)18(6,7)11-21/h9-11H,8H2,1-7H3. The first-order chi connectivity index (χ1) is 10.4. The molecule has 128 valence electrons. The minimum Gasteiger partial charge on any atom is -0.443 e. The minimum atomic E-state index is -0.839. The molecule has 0 spiro atoms. The van der Waals surface area contributed by atoms with E-state index in [9.17, 15) is 14.0 Å². The number of benzene rings is 1. The van der Waals surface area contributed by atoms with Crippen LogP contribution in [0.3, 0.4) is 0 Å². The van der Waals surface area contributed by atoms with Crippen LogP contribution in [0.15, 0.2) is 12.1 Å². The van der Waals surface area contributed by atoms with E-state index in [0.29, 0.717) is 23.4 Å². The summed E-state index contributed by atoms with van der Waals surface area (Å²) >= 11 is 0. The van der Waals surface area contributed by atoms with Gasteiger partial charge in [0.05, 0.1) is 5.69 Å². The van der Waals surface area contributed by atoms with Gasteiger partial charge >= 0.3 is 6.09 Å². The second kappa shape index (κ2) is 6.69. The van der Waals surface area contributed by atoms with Crippen LogP contribution in [0.25, 0.3) is 0 Å². The summed E-state index contributed by atoms with van der Waals surface area (Å²) in [4.78, 5) is 25.1. The van der Waals surface area contributed by atoms with Gasteiger partial charge in [-0.15, -0.1) is 0 Å². The fourth-order valence-corrected chi connectivity index (χ4v) is 2.39. The fourth-order valence-electron chi connectivity index (χ4n) is 2.39. The van der Waals surface area contributed by atoms with Gasteiger partial charge in [-0.3, -0.25) is 4.90 Å². The minimum absolute atomic E-state index is 0.333. The lowest BCUT2D eigenvalue weighted by Gasteiger charge is -2.30. The van der Waals surface area contributed by atoms with Crippen molar-refractivity contribution in [2.75, 3.05) is 11.4 Å². The molecule has 0 saturated heterocycles. The molecule has 0 unspecified atom stereocenters. The van der Waals surface area contributed by atoms with Crippen LogP contribution < -0.4 is 4.90 Å². The van der Waals surface area contributed by atoms with Gasteiger partial charge in [0.1, 0.15) is 17.7 Å². The first kappa shape index (κ1) is 19.1. The van der Waals surface area contributed by atoms with Crippen molar-refractivity contribution < 1.29 is 18.7 Å². The molecule has 0 aliphatic rings. The van der Waals surface area contributed by atoms with Gasteiger partial charge in [0.2, 0.25) is 0 Å². The summed E-state index contributed by atoms with van der Waals surface area (Å²) in [5, 5.41) is 0. The molecular formula is C18H26FNO3. The van der Waals surface area contributed by atoms with Crippen LogP contribution >= 0.6 is 0 Å². The van der Waals surface area contributed by atoms with E-state index in [4.69, 9.17) is 4.74 Å². The third-order valence-corrected chi connectivity index (χ3v) is 3.55. The number of rotatable bonds is 4. The maximum absolute atomic E-state index is 14.1. The summed E-state index contributed by atoms with van der Waals surface area (Å²) in [6.07, 6.45) is 0.242. The monoisotopic (exact) mass is 323 g/mol. The summed E-state index contributed by atoms with van der Waals surface area (Å²) in [6, 6.07) is 2.64. The van der Waals surface area contributed by atoms with Gasteiger partial charge < -0.3 is 9.53 Å². The molecule has 0 saturated carbocycles. The third kappa shape index (κ3) is 4.53. The van der Waals surface area contributed by atoms with Gasteiger partial charge in [-0.1, -0.05) is 0 Å². The number of hydrogen-bond acceptors (Lipinski definition) is 3. The van der Waals surface area contributed by atoms with Gasteiger partial charge in [-0.2, -0.15) is 0 Å². The molecule has 1 aromatic rings. The number of anilines is 1. The molecule has 0 aliphatic carbocycles. The number of amides is 1.